The largest absolute Gasteiger partial charge is 0.493 e. The highest BCUT2D eigenvalue weighted by molar-refractivity contribution is 9.10. The van der Waals surface area contributed by atoms with Gasteiger partial charge in [-0.1, -0.05) is 15.9 Å². The van der Waals surface area contributed by atoms with Gasteiger partial charge in [-0.3, -0.25) is 0 Å². The van der Waals surface area contributed by atoms with Crippen molar-refractivity contribution in [3.05, 3.63) is 40.9 Å². The summed E-state index contributed by atoms with van der Waals surface area (Å²) in [5.41, 5.74) is 2.00. The van der Waals surface area contributed by atoms with Crippen molar-refractivity contribution in [2.24, 2.45) is 10.2 Å². The highest BCUT2D eigenvalue weighted by Crippen LogP contribution is 2.47. The van der Waals surface area contributed by atoms with E-state index in [1.807, 2.05) is 52.7 Å². The van der Waals surface area contributed by atoms with Gasteiger partial charge in [0.25, 0.3) is 0 Å². The summed E-state index contributed by atoms with van der Waals surface area (Å²) in [7, 11) is 3.19. The van der Waals surface area contributed by atoms with Crippen molar-refractivity contribution in [2.45, 2.75) is 6.04 Å². The Bertz CT molecular complexity index is 1010. The zero-order valence-corrected chi connectivity index (χ0v) is 17.2. The molecule has 8 heteroatoms. The van der Waals surface area contributed by atoms with Gasteiger partial charge in [0.1, 0.15) is 0 Å². The number of benzene rings is 2. The minimum Gasteiger partial charge on any atom is -0.493 e. The van der Waals surface area contributed by atoms with Crippen molar-refractivity contribution >= 4 is 50.0 Å². The lowest BCUT2D eigenvalue weighted by atomic mass is 10.2. The number of hydrogen-bond acceptors (Lipinski definition) is 6. The zero-order chi connectivity index (χ0) is 19.0. The van der Waals surface area contributed by atoms with E-state index in [1.165, 1.54) is 0 Å². The summed E-state index contributed by atoms with van der Waals surface area (Å²) >= 11 is 5.25. The Labute approximate surface area is 169 Å². The fourth-order valence-corrected chi connectivity index (χ4v) is 4.07. The number of aromatic nitrogens is 1. The van der Waals surface area contributed by atoms with Gasteiger partial charge in [-0.25, -0.2) is 0 Å². The van der Waals surface area contributed by atoms with Crippen LogP contribution in [0.15, 0.2) is 51.1 Å². The molecule has 2 heterocycles. The van der Waals surface area contributed by atoms with Gasteiger partial charge in [-0.05, 0) is 30.3 Å². The number of thioether (sulfide) groups is 1. The molecule has 27 heavy (non-hydrogen) atoms. The Morgan fingerprint density at radius 3 is 2.33 bits per heavy atom. The standard InChI is InChI=1S/C19H18BrN3O3S/c1-25-16-7-14-15(8-17(16)26-2)23(13-9-27-10-13)19(24)18(14)22-21-12-5-3-11(20)4-6-12/h3-8,13,24H,9-10H2,1-2H3. The predicted molar refractivity (Wildman–Crippen MR) is 111 cm³/mol. The second-order valence-electron chi connectivity index (χ2n) is 6.13. The highest BCUT2D eigenvalue weighted by atomic mass is 79.9. The van der Waals surface area contributed by atoms with Crippen molar-refractivity contribution in [1.29, 1.82) is 0 Å². The fourth-order valence-electron chi connectivity index (χ4n) is 3.06. The van der Waals surface area contributed by atoms with E-state index in [0.717, 1.165) is 26.9 Å². The van der Waals surface area contributed by atoms with Crippen LogP contribution < -0.4 is 9.47 Å². The Kier molecular flexibility index (Phi) is 5.01. The van der Waals surface area contributed by atoms with Crippen molar-refractivity contribution in [1.82, 2.24) is 4.57 Å². The van der Waals surface area contributed by atoms with Gasteiger partial charge in [-0.15, -0.1) is 5.11 Å². The van der Waals surface area contributed by atoms with E-state index in [9.17, 15) is 5.11 Å². The quantitative estimate of drug-likeness (QED) is 0.499. The van der Waals surface area contributed by atoms with Gasteiger partial charge in [0.2, 0.25) is 5.88 Å². The van der Waals surface area contributed by atoms with Crippen molar-refractivity contribution in [3.8, 4) is 17.4 Å². The Balaban J connectivity index is 1.87. The maximum Gasteiger partial charge on any atom is 0.221 e. The molecular weight excluding hydrogens is 430 g/mol. The Morgan fingerprint density at radius 1 is 1.07 bits per heavy atom. The molecule has 1 aliphatic rings. The van der Waals surface area contributed by atoms with Gasteiger partial charge in [0.15, 0.2) is 17.2 Å². The lowest BCUT2D eigenvalue weighted by molar-refractivity contribution is 0.355. The molecule has 0 radical (unpaired) electrons. The molecule has 1 saturated heterocycles. The average Bonchev–Trinajstić information content (AvgIpc) is 2.90. The van der Waals surface area contributed by atoms with Crippen LogP contribution in [0.4, 0.5) is 11.4 Å². The number of methoxy groups -OCH3 is 2. The zero-order valence-electron chi connectivity index (χ0n) is 14.8. The number of fused-ring (bicyclic) bond motifs is 1. The first kappa shape index (κ1) is 18.2. The van der Waals surface area contributed by atoms with Crippen molar-refractivity contribution in [3.63, 3.8) is 0 Å². The second kappa shape index (κ2) is 7.44. The van der Waals surface area contributed by atoms with Crippen LogP contribution in [0, 0.1) is 0 Å². The first-order valence-corrected chi connectivity index (χ1v) is 10.3. The molecular formula is C19H18BrN3O3S. The molecule has 1 N–H and O–H groups in total. The first-order valence-electron chi connectivity index (χ1n) is 8.36. The van der Waals surface area contributed by atoms with Crippen LogP contribution in [0.2, 0.25) is 0 Å². The fraction of sp³-hybridized carbons (Fsp3) is 0.263. The molecule has 2 aromatic carbocycles. The first-order chi connectivity index (χ1) is 13.1. The second-order valence-corrected chi connectivity index (χ2v) is 8.12. The van der Waals surface area contributed by atoms with Gasteiger partial charge in [-0.2, -0.15) is 16.9 Å². The number of hydrogen-bond donors (Lipinski definition) is 1. The maximum absolute atomic E-state index is 10.9. The van der Waals surface area contributed by atoms with Crippen LogP contribution in [-0.2, 0) is 0 Å². The van der Waals surface area contributed by atoms with Crippen LogP contribution in [0.25, 0.3) is 10.9 Å². The number of rotatable bonds is 5. The van der Waals surface area contributed by atoms with Crippen LogP contribution in [-0.4, -0.2) is 35.4 Å². The lowest BCUT2D eigenvalue weighted by Crippen LogP contribution is -2.22. The third-order valence-corrected chi connectivity index (χ3v) is 6.30. The molecule has 3 aromatic rings. The van der Waals surface area contributed by atoms with E-state index >= 15 is 0 Å². The smallest absolute Gasteiger partial charge is 0.221 e. The third kappa shape index (κ3) is 3.27. The summed E-state index contributed by atoms with van der Waals surface area (Å²) in [6, 6.07) is 11.5. The van der Waals surface area contributed by atoms with Crippen molar-refractivity contribution in [2.75, 3.05) is 25.7 Å². The van der Waals surface area contributed by atoms with Gasteiger partial charge in [0, 0.05) is 27.4 Å². The minimum atomic E-state index is 0.117. The molecule has 0 spiro atoms. The van der Waals surface area contributed by atoms with Crippen LogP contribution >= 0.6 is 27.7 Å². The summed E-state index contributed by atoms with van der Waals surface area (Å²) in [5, 5.41) is 20.3. The van der Waals surface area contributed by atoms with E-state index in [1.54, 1.807) is 14.2 Å². The van der Waals surface area contributed by atoms with Gasteiger partial charge in [0.05, 0.1) is 31.5 Å². The number of halogens is 1. The summed E-state index contributed by atoms with van der Waals surface area (Å²) in [6.45, 7) is 0. The number of aromatic hydroxyl groups is 1. The van der Waals surface area contributed by atoms with E-state index in [0.29, 0.717) is 22.9 Å². The Morgan fingerprint density at radius 2 is 1.74 bits per heavy atom. The number of azo groups is 1. The molecule has 0 amide bonds. The van der Waals surface area contributed by atoms with E-state index < -0.39 is 0 Å². The molecule has 0 saturated carbocycles. The molecule has 4 rings (SSSR count). The molecule has 0 aliphatic carbocycles. The molecule has 1 aromatic heterocycles. The molecule has 1 aliphatic heterocycles. The summed E-state index contributed by atoms with van der Waals surface area (Å²) in [6.07, 6.45) is 0. The molecule has 1 fully saturated rings. The molecule has 6 nitrogen and oxygen atoms in total. The maximum atomic E-state index is 10.9. The SMILES string of the molecule is COc1cc2c(N=Nc3ccc(Br)cc3)c(O)n(C3CSC3)c2cc1OC. The van der Waals surface area contributed by atoms with E-state index in [-0.39, 0.29) is 11.9 Å². The average molecular weight is 448 g/mol. The monoisotopic (exact) mass is 447 g/mol. The van der Waals surface area contributed by atoms with E-state index in [2.05, 4.69) is 26.2 Å². The minimum absolute atomic E-state index is 0.117. The van der Waals surface area contributed by atoms with Gasteiger partial charge >= 0.3 is 0 Å². The van der Waals surface area contributed by atoms with Crippen LogP contribution in [0.5, 0.6) is 17.4 Å². The summed E-state index contributed by atoms with van der Waals surface area (Å²) < 4.78 is 13.8. The molecule has 140 valence electrons. The topological polar surface area (TPSA) is 68.3 Å². The Hall–Kier alpha value is -2.19. The third-order valence-electron chi connectivity index (χ3n) is 4.53. The molecule has 0 atom stereocenters. The van der Waals surface area contributed by atoms with Crippen molar-refractivity contribution < 1.29 is 14.6 Å². The molecule has 0 unspecified atom stereocenters. The summed E-state index contributed by atoms with van der Waals surface area (Å²) in [5.74, 6) is 3.23. The van der Waals surface area contributed by atoms with E-state index in [4.69, 9.17) is 9.47 Å². The molecule has 0 bridgehead atoms. The summed E-state index contributed by atoms with van der Waals surface area (Å²) in [4.78, 5) is 0. The highest BCUT2D eigenvalue weighted by Gasteiger charge is 2.28. The van der Waals surface area contributed by atoms with Crippen LogP contribution in [0.1, 0.15) is 6.04 Å². The number of nitrogens with zero attached hydrogens (tertiary/aromatic N) is 3. The predicted octanol–water partition coefficient (Wildman–Crippen LogP) is 5.83. The normalized spacial score (nSPS) is 14.6. The lowest BCUT2D eigenvalue weighted by Gasteiger charge is -2.28. The van der Waals surface area contributed by atoms with Crippen LogP contribution in [0.3, 0.4) is 0 Å². The van der Waals surface area contributed by atoms with Gasteiger partial charge < -0.3 is 19.1 Å². The number of ether oxygens (including phenoxy) is 2.